The highest BCUT2D eigenvalue weighted by Gasteiger charge is 2.24. The summed E-state index contributed by atoms with van der Waals surface area (Å²) in [6.45, 7) is 0.334. The number of rotatable bonds is 11. The van der Waals surface area contributed by atoms with Gasteiger partial charge in [-0.2, -0.15) is 0 Å². The number of imidazole rings is 1. The zero-order chi connectivity index (χ0) is 25.2. The van der Waals surface area contributed by atoms with Crippen molar-refractivity contribution in [2.24, 2.45) is 22.2 Å². The molecule has 3 aromatic rings. The predicted octanol–water partition coefficient (Wildman–Crippen LogP) is 1.32. The third-order valence-electron chi connectivity index (χ3n) is 5.42. The third kappa shape index (κ3) is 7.41. The van der Waals surface area contributed by atoms with Gasteiger partial charge in [-0.15, -0.1) is 0 Å². The number of nitrogens with zero attached hydrogens (tertiary/aromatic N) is 2. The van der Waals surface area contributed by atoms with Gasteiger partial charge in [0.25, 0.3) is 0 Å². The van der Waals surface area contributed by atoms with Gasteiger partial charge in [0.1, 0.15) is 11.9 Å². The molecule has 1 heterocycles. The second-order valence-corrected chi connectivity index (χ2v) is 8.04. The maximum atomic E-state index is 12.6. The van der Waals surface area contributed by atoms with Crippen LogP contribution in [0.25, 0.3) is 22.5 Å². The van der Waals surface area contributed by atoms with Gasteiger partial charge < -0.3 is 32.2 Å². The zero-order valence-corrected chi connectivity index (χ0v) is 19.6. The van der Waals surface area contributed by atoms with Crippen LogP contribution in [0.3, 0.4) is 0 Å². The van der Waals surface area contributed by atoms with Gasteiger partial charge in [-0.25, -0.2) is 9.78 Å². The smallest absolute Gasteiger partial charge is 0.328 e. The molecule has 35 heavy (non-hydrogen) atoms. The first-order chi connectivity index (χ1) is 16.9. The number of benzene rings is 2. The van der Waals surface area contributed by atoms with E-state index >= 15 is 0 Å². The molecule has 10 heteroatoms. The summed E-state index contributed by atoms with van der Waals surface area (Å²) in [6.07, 6.45) is 2.68. The van der Waals surface area contributed by atoms with Gasteiger partial charge in [-0.3, -0.25) is 9.79 Å². The Morgan fingerprint density at radius 1 is 1.06 bits per heavy atom. The van der Waals surface area contributed by atoms with Crippen molar-refractivity contribution in [3.8, 4) is 22.5 Å². The molecule has 0 unspecified atom stereocenters. The van der Waals surface area contributed by atoms with Crippen LogP contribution in [0.5, 0.6) is 0 Å². The van der Waals surface area contributed by atoms with Crippen LogP contribution in [-0.4, -0.2) is 53.5 Å². The van der Waals surface area contributed by atoms with E-state index in [1.54, 1.807) is 6.20 Å². The number of aromatic nitrogens is 2. The average molecular weight is 478 g/mol. The van der Waals surface area contributed by atoms with Crippen molar-refractivity contribution < 1.29 is 14.3 Å². The van der Waals surface area contributed by atoms with Crippen molar-refractivity contribution in [2.75, 3.05) is 13.7 Å². The fraction of sp³-hybridized carbons (Fsp3) is 0.280. The molecule has 0 saturated carbocycles. The molecule has 10 nitrogen and oxygen atoms in total. The molecule has 0 saturated heterocycles. The number of hydrogen-bond donors (Lipinski definition) is 5. The fourth-order valence-corrected chi connectivity index (χ4v) is 3.56. The van der Waals surface area contributed by atoms with E-state index in [-0.39, 0.29) is 12.4 Å². The number of aromatic amines is 1. The molecule has 184 valence electrons. The number of nitrogens with two attached hydrogens (primary N) is 3. The summed E-state index contributed by atoms with van der Waals surface area (Å²) in [5.74, 6) is -0.375. The topological polar surface area (TPSA) is 174 Å². The maximum Gasteiger partial charge on any atom is 0.328 e. The van der Waals surface area contributed by atoms with Crippen LogP contribution in [0.4, 0.5) is 0 Å². The van der Waals surface area contributed by atoms with E-state index in [1.165, 1.54) is 7.11 Å². The first-order valence-electron chi connectivity index (χ1n) is 11.3. The number of amides is 1. The molecule has 0 aliphatic heterocycles. The lowest BCUT2D eigenvalue weighted by atomic mass is 10.0. The summed E-state index contributed by atoms with van der Waals surface area (Å²) in [5.41, 5.74) is 20.6. The highest BCUT2D eigenvalue weighted by atomic mass is 16.5. The molecule has 0 bridgehead atoms. The third-order valence-corrected chi connectivity index (χ3v) is 5.42. The highest BCUT2D eigenvalue weighted by Crippen LogP contribution is 2.23. The van der Waals surface area contributed by atoms with E-state index in [9.17, 15) is 9.59 Å². The van der Waals surface area contributed by atoms with E-state index in [0.29, 0.717) is 30.9 Å². The normalized spacial score (nSPS) is 12.4. The van der Waals surface area contributed by atoms with Crippen LogP contribution < -0.4 is 22.5 Å². The molecular weight excluding hydrogens is 446 g/mol. The maximum absolute atomic E-state index is 12.6. The van der Waals surface area contributed by atoms with Gasteiger partial charge in [0.05, 0.1) is 13.2 Å². The van der Waals surface area contributed by atoms with Gasteiger partial charge in [0.2, 0.25) is 5.91 Å². The Hall–Kier alpha value is -4.18. The number of guanidine groups is 1. The van der Waals surface area contributed by atoms with E-state index in [4.69, 9.17) is 21.9 Å². The number of hydrogen-bond acceptors (Lipinski definition) is 6. The number of carbonyl (C=O) groups excluding carboxylic acids is 2. The van der Waals surface area contributed by atoms with Crippen LogP contribution in [-0.2, 0) is 20.7 Å². The summed E-state index contributed by atoms with van der Waals surface area (Å²) in [4.78, 5) is 36.2. The number of nitrogens with one attached hydrogen (secondary N) is 2. The number of H-pyrrole nitrogens is 1. The average Bonchev–Trinajstić information content (AvgIpc) is 3.34. The second kappa shape index (κ2) is 12.3. The predicted molar refractivity (Wildman–Crippen MR) is 135 cm³/mol. The van der Waals surface area contributed by atoms with Crippen molar-refractivity contribution in [3.63, 3.8) is 0 Å². The summed E-state index contributed by atoms with van der Waals surface area (Å²) >= 11 is 0. The number of ether oxygens (including phenoxy) is 1. The van der Waals surface area contributed by atoms with Gasteiger partial charge >= 0.3 is 5.97 Å². The van der Waals surface area contributed by atoms with Gasteiger partial charge in [0.15, 0.2) is 5.96 Å². The second-order valence-electron chi connectivity index (χ2n) is 8.04. The minimum atomic E-state index is -0.881. The van der Waals surface area contributed by atoms with Crippen LogP contribution in [0.1, 0.15) is 18.5 Å². The number of aliphatic imine (C=N–C) groups is 1. The van der Waals surface area contributed by atoms with Gasteiger partial charge in [-0.05, 0) is 24.0 Å². The van der Waals surface area contributed by atoms with Crippen molar-refractivity contribution in [2.45, 2.75) is 31.3 Å². The van der Waals surface area contributed by atoms with Crippen LogP contribution in [0.15, 0.2) is 65.8 Å². The summed E-state index contributed by atoms with van der Waals surface area (Å²) in [5, 5.41) is 2.65. The first kappa shape index (κ1) is 25.4. The Balaban J connectivity index is 1.58. The molecule has 1 amide bonds. The molecule has 1 aromatic heterocycles. The minimum Gasteiger partial charge on any atom is -0.467 e. The molecule has 0 spiro atoms. The largest absolute Gasteiger partial charge is 0.467 e. The van der Waals surface area contributed by atoms with E-state index in [0.717, 1.165) is 16.7 Å². The lowest BCUT2D eigenvalue weighted by Gasteiger charge is -2.18. The van der Waals surface area contributed by atoms with E-state index < -0.39 is 24.0 Å². The van der Waals surface area contributed by atoms with E-state index in [1.807, 2.05) is 42.5 Å². The molecule has 0 radical (unpaired) electrons. The standard InChI is InChI=1S/C25H31N7O3/c1-35-24(34)21(8-5-13-29-25(27)28)32-23(33)20(26)14-19-15-30-22(31-19)18-11-9-17(10-12-18)16-6-3-2-4-7-16/h2-4,6-7,9-12,15,20-21H,5,8,13-14,26H2,1H3,(H,30,31)(H,32,33)(H4,27,28,29)/t20-,21-/m0/s1. The number of carbonyl (C=O) groups is 2. The van der Waals surface area contributed by atoms with Crippen molar-refractivity contribution in [3.05, 3.63) is 66.5 Å². The Morgan fingerprint density at radius 3 is 2.37 bits per heavy atom. The van der Waals surface area contributed by atoms with Gasteiger partial charge in [0, 0.05) is 30.4 Å². The molecule has 2 aromatic carbocycles. The van der Waals surface area contributed by atoms with Crippen LogP contribution in [0.2, 0.25) is 0 Å². The SMILES string of the molecule is COC(=O)[C@H](CCCN=C(N)N)NC(=O)[C@@H](N)Cc1cnc(-c2ccc(-c3ccccc3)cc2)[nH]1. The van der Waals surface area contributed by atoms with Crippen LogP contribution in [0, 0.1) is 0 Å². The lowest BCUT2D eigenvalue weighted by molar-refractivity contribution is -0.145. The van der Waals surface area contributed by atoms with Crippen molar-refractivity contribution >= 4 is 17.8 Å². The molecular formula is C25H31N7O3. The Kier molecular flexibility index (Phi) is 8.96. The van der Waals surface area contributed by atoms with E-state index in [2.05, 4.69) is 32.4 Å². The fourth-order valence-electron chi connectivity index (χ4n) is 3.56. The lowest BCUT2D eigenvalue weighted by Crippen LogP contribution is -2.49. The molecule has 8 N–H and O–H groups in total. The quantitative estimate of drug-likeness (QED) is 0.120. The Labute approximate surface area is 204 Å². The molecule has 0 aliphatic rings. The van der Waals surface area contributed by atoms with Crippen molar-refractivity contribution in [1.29, 1.82) is 0 Å². The minimum absolute atomic E-state index is 0.0308. The molecule has 2 atom stereocenters. The molecule has 0 aliphatic carbocycles. The summed E-state index contributed by atoms with van der Waals surface area (Å²) in [7, 11) is 1.26. The highest BCUT2D eigenvalue weighted by molar-refractivity contribution is 5.87. The zero-order valence-electron chi connectivity index (χ0n) is 19.6. The van der Waals surface area contributed by atoms with Crippen molar-refractivity contribution in [1.82, 2.24) is 15.3 Å². The summed E-state index contributed by atoms with van der Waals surface area (Å²) in [6, 6.07) is 16.4. The number of esters is 1. The Morgan fingerprint density at radius 2 is 1.71 bits per heavy atom. The monoisotopic (exact) mass is 477 g/mol. The Bertz CT molecular complexity index is 1140. The molecule has 0 fully saturated rings. The summed E-state index contributed by atoms with van der Waals surface area (Å²) < 4.78 is 4.78. The van der Waals surface area contributed by atoms with Gasteiger partial charge in [-0.1, -0.05) is 54.6 Å². The molecule has 3 rings (SSSR count). The van der Waals surface area contributed by atoms with Crippen LogP contribution >= 0.6 is 0 Å². The first-order valence-corrected chi connectivity index (χ1v) is 11.3. The number of methoxy groups -OCH3 is 1.